The summed E-state index contributed by atoms with van der Waals surface area (Å²) in [5.74, 6) is 8.25. The molecule has 0 radical (unpaired) electrons. The molecule has 0 spiro atoms. The first-order chi connectivity index (χ1) is 15.0. The molecule has 160 valence electrons. The van der Waals surface area contributed by atoms with E-state index in [1.165, 1.54) is 17.6 Å². The number of rotatable bonds is 5. The van der Waals surface area contributed by atoms with Crippen molar-refractivity contribution in [1.29, 1.82) is 0 Å². The number of ether oxygens (including phenoxy) is 2. The minimum atomic E-state index is 0.0765. The predicted molar refractivity (Wildman–Crippen MR) is 123 cm³/mol. The molecule has 1 aliphatic heterocycles. The number of hydrogen-bond donors (Lipinski definition) is 1. The second-order valence-corrected chi connectivity index (χ2v) is 8.21. The van der Waals surface area contributed by atoms with Crippen LogP contribution in [0.25, 0.3) is 6.08 Å². The Morgan fingerprint density at radius 3 is 2.55 bits per heavy atom. The van der Waals surface area contributed by atoms with Gasteiger partial charge in [0.2, 0.25) is 6.79 Å². The Morgan fingerprint density at radius 1 is 1.10 bits per heavy atom. The standard InChI is InChI=1S/C14H20N2.C12H8O3/c1-11(2)8-9-16(15)14-10-13(14)12-6-4-3-5-7-12;13-10-3-2-9(10)5-8-1-4-11-12(6-8)15-7-14-11/h3-8,13-14H,9-10,15H2,1-2H3;1-6H,7H2. The molecule has 3 aliphatic rings. The van der Waals surface area contributed by atoms with E-state index in [4.69, 9.17) is 15.3 Å². The van der Waals surface area contributed by atoms with Crippen LogP contribution in [0.2, 0.25) is 0 Å². The average molecular weight is 417 g/mol. The molecule has 0 bridgehead atoms. The van der Waals surface area contributed by atoms with E-state index in [0.717, 1.165) is 29.2 Å². The summed E-state index contributed by atoms with van der Waals surface area (Å²) >= 11 is 0. The number of nitrogens with two attached hydrogens (primary N) is 1. The van der Waals surface area contributed by atoms with Crippen molar-refractivity contribution in [3.63, 3.8) is 0 Å². The molecule has 0 saturated heterocycles. The van der Waals surface area contributed by atoms with E-state index in [1.807, 2.05) is 29.3 Å². The van der Waals surface area contributed by atoms with Gasteiger partial charge in [0.25, 0.3) is 0 Å². The van der Waals surface area contributed by atoms with Crippen LogP contribution in [0.15, 0.2) is 77.9 Å². The lowest BCUT2D eigenvalue weighted by molar-refractivity contribution is -0.111. The summed E-state index contributed by atoms with van der Waals surface area (Å²) in [5, 5.41) is 1.96. The van der Waals surface area contributed by atoms with Crippen LogP contribution >= 0.6 is 0 Å². The van der Waals surface area contributed by atoms with Crippen LogP contribution in [0.3, 0.4) is 0 Å². The Bertz CT molecular complexity index is 1040. The summed E-state index contributed by atoms with van der Waals surface area (Å²) in [7, 11) is 0. The summed E-state index contributed by atoms with van der Waals surface area (Å²) in [5.41, 5.74) is 4.42. The van der Waals surface area contributed by atoms with Gasteiger partial charge in [-0.3, -0.25) is 10.6 Å². The third-order valence-electron chi connectivity index (χ3n) is 5.54. The van der Waals surface area contributed by atoms with Gasteiger partial charge < -0.3 is 9.47 Å². The number of carbonyl (C=O) groups excluding carboxylic acids is 1. The van der Waals surface area contributed by atoms with Gasteiger partial charge in [0.15, 0.2) is 17.3 Å². The quantitative estimate of drug-likeness (QED) is 0.333. The Labute approximate surface area is 183 Å². The average Bonchev–Trinajstić information content (AvgIpc) is 3.45. The van der Waals surface area contributed by atoms with E-state index in [9.17, 15) is 4.79 Å². The third kappa shape index (κ3) is 5.32. The fraction of sp³-hybridized carbons (Fsp3) is 0.269. The molecule has 2 unspecified atom stereocenters. The molecule has 5 rings (SSSR count). The van der Waals surface area contributed by atoms with Gasteiger partial charge in [0, 0.05) is 24.1 Å². The van der Waals surface area contributed by atoms with Crippen molar-refractivity contribution in [2.75, 3.05) is 13.3 Å². The normalized spacial score (nSPS) is 21.4. The third-order valence-corrected chi connectivity index (χ3v) is 5.54. The highest BCUT2D eigenvalue weighted by molar-refractivity contribution is 6.16. The molecular weight excluding hydrogens is 388 g/mol. The van der Waals surface area contributed by atoms with Crippen molar-refractivity contribution in [2.24, 2.45) is 5.84 Å². The lowest BCUT2D eigenvalue weighted by atomic mass is 9.98. The van der Waals surface area contributed by atoms with Crippen LogP contribution in [-0.4, -0.2) is 30.2 Å². The van der Waals surface area contributed by atoms with Gasteiger partial charge in [-0.15, -0.1) is 0 Å². The Hall–Kier alpha value is -3.15. The lowest BCUT2D eigenvalue weighted by Crippen LogP contribution is -2.34. The summed E-state index contributed by atoms with van der Waals surface area (Å²) < 4.78 is 10.4. The van der Waals surface area contributed by atoms with Gasteiger partial charge >= 0.3 is 0 Å². The van der Waals surface area contributed by atoms with Crippen molar-refractivity contribution in [1.82, 2.24) is 5.01 Å². The lowest BCUT2D eigenvalue weighted by Gasteiger charge is -2.14. The van der Waals surface area contributed by atoms with Gasteiger partial charge in [-0.2, -0.15) is 0 Å². The highest BCUT2D eigenvalue weighted by Gasteiger charge is 2.41. The first kappa shape index (κ1) is 21.1. The minimum absolute atomic E-state index is 0.0765. The first-order valence-electron chi connectivity index (χ1n) is 10.5. The van der Waals surface area contributed by atoms with Crippen molar-refractivity contribution in [3.05, 3.63) is 89.0 Å². The Morgan fingerprint density at radius 2 is 1.87 bits per heavy atom. The minimum Gasteiger partial charge on any atom is -0.454 e. The molecule has 1 saturated carbocycles. The molecule has 2 aromatic carbocycles. The van der Waals surface area contributed by atoms with E-state index in [1.54, 1.807) is 12.2 Å². The van der Waals surface area contributed by atoms with Crippen LogP contribution in [-0.2, 0) is 4.79 Å². The molecule has 2 atom stereocenters. The van der Waals surface area contributed by atoms with E-state index >= 15 is 0 Å². The predicted octanol–water partition coefficient (Wildman–Crippen LogP) is 4.62. The van der Waals surface area contributed by atoms with Gasteiger partial charge in [-0.1, -0.05) is 48.0 Å². The van der Waals surface area contributed by atoms with E-state index in [2.05, 4.69) is 50.3 Å². The van der Waals surface area contributed by atoms with Crippen LogP contribution in [0.5, 0.6) is 11.5 Å². The van der Waals surface area contributed by atoms with Crippen LogP contribution in [0.1, 0.15) is 37.3 Å². The molecule has 0 amide bonds. The molecule has 2 N–H and O–H groups in total. The summed E-state index contributed by atoms with van der Waals surface area (Å²) in [6.45, 7) is 5.34. The second-order valence-electron chi connectivity index (χ2n) is 8.21. The molecule has 0 aromatic heterocycles. The molecule has 2 aliphatic carbocycles. The molecule has 5 nitrogen and oxygen atoms in total. The summed E-state index contributed by atoms with van der Waals surface area (Å²) in [6, 6.07) is 16.8. The topological polar surface area (TPSA) is 64.8 Å². The van der Waals surface area contributed by atoms with Gasteiger partial charge in [0.05, 0.1) is 0 Å². The summed E-state index contributed by atoms with van der Waals surface area (Å²) in [4.78, 5) is 11.1. The number of allylic oxidation sites excluding steroid dienone is 4. The maximum Gasteiger partial charge on any atom is 0.231 e. The number of benzene rings is 2. The van der Waals surface area contributed by atoms with Crippen molar-refractivity contribution in [2.45, 2.75) is 32.2 Å². The molecule has 1 heterocycles. The number of nitrogens with zero attached hydrogens (tertiary/aromatic N) is 1. The maximum absolute atomic E-state index is 11.1. The van der Waals surface area contributed by atoms with Gasteiger partial charge in [0.1, 0.15) is 0 Å². The van der Waals surface area contributed by atoms with Crippen LogP contribution in [0, 0.1) is 0 Å². The van der Waals surface area contributed by atoms with Gasteiger partial charge in [-0.25, -0.2) is 5.01 Å². The zero-order chi connectivity index (χ0) is 21.8. The van der Waals surface area contributed by atoms with E-state index in [0.29, 0.717) is 12.0 Å². The van der Waals surface area contributed by atoms with Crippen molar-refractivity contribution < 1.29 is 14.3 Å². The first-order valence-corrected chi connectivity index (χ1v) is 10.5. The molecular formula is C26H28N2O3. The highest BCUT2D eigenvalue weighted by atomic mass is 16.7. The van der Waals surface area contributed by atoms with Crippen LogP contribution in [0.4, 0.5) is 0 Å². The zero-order valence-corrected chi connectivity index (χ0v) is 18.0. The fourth-order valence-electron chi connectivity index (χ4n) is 3.58. The maximum atomic E-state index is 11.1. The zero-order valence-electron chi connectivity index (χ0n) is 18.0. The Kier molecular flexibility index (Phi) is 6.35. The van der Waals surface area contributed by atoms with Crippen molar-refractivity contribution >= 4 is 11.9 Å². The SMILES string of the molecule is CC(C)=CCN(N)C1CC1c1ccccc1.O=C1C=CC1=Cc1ccc2c(c1)OCO2. The van der Waals surface area contributed by atoms with E-state index in [-0.39, 0.29) is 12.6 Å². The molecule has 5 heteroatoms. The summed E-state index contributed by atoms with van der Waals surface area (Å²) in [6.07, 6.45) is 8.56. The Balaban J connectivity index is 0.000000149. The largest absolute Gasteiger partial charge is 0.454 e. The monoisotopic (exact) mass is 416 g/mol. The fourth-order valence-corrected chi connectivity index (χ4v) is 3.58. The molecule has 2 aromatic rings. The number of hydrogen-bond acceptors (Lipinski definition) is 5. The number of carbonyl (C=O) groups is 1. The highest BCUT2D eigenvalue weighted by Crippen LogP contribution is 2.43. The molecule has 31 heavy (non-hydrogen) atoms. The number of hydrazine groups is 1. The van der Waals surface area contributed by atoms with Gasteiger partial charge in [-0.05, 0) is 61.8 Å². The smallest absolute Gasteiger partial charge is 0.231 e. The number of ketones is 1. The molecule has 1 fully saturated rings. The van der Waals surface area contributed by atoms with Crippen molar-refractivity contribution in [3.8, 4) is 11.5 Å². The van der Waals surface area contributed by atoms with Crippen LogP contribution < -0.4 is 15.3 Å². The number of fused-ring (bicyclic) bond motifs is 1. The van der Waals surface area contributed by atoms with E-state index < -0.39 is 0 Å². The second kappa shape index (κ2) is 9.33.